The van der Waals surface area contributed by atoms with E-state index in [0.29, 0.717) is 6.54 Å². The first kappa shape index (κ1) is 8.30. The summed E-state index contributed by atoms with van der Waals surface area (Å²) >= 11 is 0. The molecule has 0 aliphatic carbocycles. The van der Waals surface area contributed by atoms with Gasteiger partial charge < -0.3 is 16.4 Å². The predicted molar refractivity (Wildman–Crippen MR) is 39.9 cm³/mol. The Morgan fingerprint density at radius 2 is 2.22 bits per heavy atom. The molecule has 0 amide bonds. The van der Waals surface area contributed by atoms with E-state index in [1.165, 1.54) is 0 Å². The second-order valence-corrected chi connectivity index (χ2v) is 1.75. The molecule has 0 fully saturated rings. The van der Waals surface area contributed by atoms with Crippen molar-refractivity contribution in [1.29, 1.82) is 0 Å². The lowest BCUT2D eigenvalue weighted by Gasteiger charge is -2.03. The van der Waals surface area contributed by atoms with Gasteiger partial charge in [-0.2, -0.15) is 0 Å². The maximum absolute atomic E-state index is 5.33. The highest BCUT2D eigenvalue weighted by atomic mass is 14.9. The molecule has 0 heterocycles. The molecule has 0 atom stereocenters. The Balaban J connectivity index is 3.53. The Bertz CT molecular complexity index is 88.3. The molecule has 4 N–H and O–H groups in total. The predicted octanol–water partition coefficient (Wildman–Crippen LogP) is -0.385. The summed E-state index contributed by atoms with van der Waals surface area (Å²) in [6, 6.07) is 0. The molecule has 3 nitrogen and oxygen atoms in total. The fourth-order valence-electron chi connectivity index (χ4n) is 0.599. The Hall–Kier alpha value is -0.700. The molecular formula is C6H15N3. The second kappa shape index (κ2) is 5.44. The van der Waals surface area contributed by atoms with E-state index in [0.717, 1.165) is 12.1 Å². The van der Waals surface area contributed by atoms with Crippen LogP contribution in [0.3, 0.4) is 0 Å². The Morgan fingerprint density at radius 1 is 1.56 bits per heavy atom. The van der Waals surface area contributed by atoms with E-state index in [4.69, 9.17) is 5.73 Å². The summed E-state index contributed by atoms with van der Waals surface area (Å²) in [6.45, 7) is 0.689. The van der Waals surface area contributed by atoms with Crippen LogP contribution in [0.4, 0.5) is 0 Å². The lowest BCUT2D eigenvalue weighted by atomic mass is 10.3. The summed E-state index contributed by atoms with van der Waals surface area (Å²) in [7, 11) is 3.76. The zero-order chi connectivity index (χ0) is 7.11. The Morgan fingerprint density at radius 3 is 2.56 bits per heavy atom. The lowest BCUT2D eigenvalue weighted by Crippen LogP contribution is -2.13. The van der Waals surface area contributed by atoms with E-state index >= 15 is 0 Å². The molecule has 0 unspecified atom stereocenters. The molecule has 0 aliphatic heterocycles. The minimum Gasteiger partial charge on any atom is -0.393 e. The summed E-state index contributed by atoms with van der Waals surface area (Å²) in [5.74, 6) is 0. The monoisotopic (exact) mass is 129 g/mol. The largest absolute Gasteiger partial charge is 0.393 e. The Labute approximate surface area is 56.3 Å². The van der Waals surface area contributed by atoms with Crippen LogP contribution < -0.4 is 16.4 Å². The van der Waals surface area contributed by atoms with Gasteiger partial charge in [0.2, 0.25) is 0 Å². The highest BCUT2D eigenvalue weighted by molar-refractivity contribution is 4.96. The zero-order valence-corrected chi connectivity index (χ0v) is 6.07. The molecule has 0 radical (unpaired) electrons. The van der Waals surface area contributed by atoms with Gasteiger partial charge >= 0.3 is 0 Å². The molecule has 0 aromatic heterocycles. The van der Waals surface area contributed by atoms with Gasteiger partial charge in [-0.1, -0.05) is 0 Å². The van der Waals surface area contributed by atoms with Gasteiger partial charge in [-0.3, -0.25) is 0 Å². The minimum absolute atomic E-state index is 0.689. The SMILES string of the molecule is CN/C=C(/CCN)NC. The molecule has 0 rings (SSSR count). The van der Waals surface area contributed by atoms with Gasteiger partial charge in [0.15, 0.2) is 0 Å². The summed E-state index contributed by atoms with van der Waals surface area (Å²) in [5, 5.41) is 5.95. The summed E-state index contributed by atoms with van der Waals surface area (Å²) < 4.78 is 0. The van der Waals surface area contributed by atoms with Gasteiger partial charge in [-0.05, 0) is 6.54 Å². The number of hydrogen-bond acceptors (Lipinski definition) is 3. The van der Waals surface area contributed by atoms with E-state index in [1.807, 2.05) is 20.3 Å². The fourth-order valence-corrected chi connectivity index (χ4v) is 0.599. The van der Waals surface area contributed by atoms with Crippen LogP contribution in [0.25, 0.3) is 0 Å². The van der Waals surface area contributed by atoms with Crippen LogP contribution in [0, 0.1) is 0 Å². The molecule has 3 heteroatoms. The van der Waals surface area contributed by atoms with Crippen molar-refractivity contribution in [2.75, 3.05) is 20.6 Å². The topological polar surface area (TPSA) is 50.1 Å². The van der Waals surface area contributed by atoms with Crippen LogP contribution in [0.5, 0.6) is 0 Å². The molecule has 54 valence electrons. The van der Waals surface area contributed by atoms with Crippen molar-refractivity contribution in [3.05, 3.63) is 11.9 Å². The molecule has 0 saturated heterocycles. The van der Waals surface area contributed by atoms with E-state index in [1.54, 1.807) is 0 Å². The van der Waals surface area contributed by atoms with Crippen molar-refractivity contribution in [2.45, 2.75) is 6.42 Å². The van der Waals surface area contributed by atoms with Gasteiger partial charge in [0.1, 0.15) is 0 Å². The van der Waals surface area contributed by atoms with Crippen molar-refractivity contribution in [3.63, 3.8) is 0 Å². The third-order valence-corrected chi connectivity index (χ3v) is 1.05. The van der Waals surface area contributed by atoms with Gasteiger partial charge in [0, 0.05) is 32.4 Å². The maximum atomic E-state index is 5.33. The van der Waals surface area contributed by atoms with Crippen molar-refractivity contribution < 1.29 is 0 Å². The molecule has 0 aromatic rings. The summed E-state index contributed by atoms with van der Waals surface area (Å²) in [4.78, 5) is 0. The van der Waals surface area contributed by atoms with Gasteiger partial charge in [-0.25, -0.2) is 0 Å². The van der Waals surface area contributed by atoms with Crippen LogP contribution in [-0.2, 0) is 0 Å². The van der Waals surface area contributed by atoms with Crippen LogP contribution in [-0.4, -0.2) is 20.6 Å². The third kappa shape index (κ3) is 3.85. The molecule has 0 saturated carbocycles. The van der Waals surface area contributed by atoms with Gasteiger partial charge in [0.25, 0.3) is 0 Å². The van der Waals surface area contributed by atoms with Gasteiger partial charge in [0.05, 0.1) is 0 Å². The molecule has 0 bridgehead atoms. The maximum Gasteiger partial charge on any atom is 0.0276 e. The highest BCUT2D eigenvalue weighted by Gasteiger charge is 1.87. The average Bonchev–Trinajstić information content (AvgIpc) is 1.88. The quantitative estimate of drug-likeness (QED) is 0.485. The standard InChI is InChI=1S/C6H15N3/c1-8-5-6(9-2)3-4-7/h5,8-9H,3-4,7H2,1-2H3/b6-5-. The van der Waals surface area contributed by atoms with Crippen LogP contribution in [0.1, 0.15) is 6.42 Å². The molecule has 0 aliphatic rings. The number of nitrogens with two attached hydrogens (primary N) is 1. The first-order valence-electron chi connectivity index (χ1n) is 3.09. The molecular weight excluding hydrogens is 114 g/mol. The average molecular weight is 129 g/mol. The zero-order valence-electron chi connectivity index (χ0n) is 6.07. The van der Waals surface area contributed by atoms with Crippen molar-refractivity contribution in [2.24, 2.45) is 5.73 Å². The van der Waals surface area contributed by atoms with E-state index in [9.17, 15) is 0 Å². The normalized spacial score (nSPS) is 11.2. The van der Waals surface area contributed by atoms with E-state index in [-0.39, 0.29) is 0 Å². The third-order valence-electron chi connectivity index (χ3n) is 1.05. The minimum atomic E-state index is 0.689. The smallest absolute Gasteiger partial charge is 0.0276 e. The lowest BCUT2D eigenvalue weighted by molar-refractivity contribution is 0.824. The van der Waals surface area contributed by atoms with Crippen LogP contribution in [0.15, 0.2) is 11.9 Å². The van der Waals surface area contributed by atoms with E-state index in [2.05, 4.69) is 10.6 Å². The number of nitrogens with one attached hydrogen (secondary N) is 2. The molecule has 0 aromatic carbocycles. The van der Waals surface area contributed by atoms with Crippen LogP contribution in [0.2, 0.25) is 0 Å². The van der Waals surface area contributed by atoms with Crippen molar-refractivity contribution in [3.8, 4) is 0 Å². The molecule has 9 heavy (non-hydrogen) atoms. The number of hydrogen-bond donors (Lipinski definition) is 3. The first-order chi connectivity index (χ1) is 4.35. The summed E-state index contributed by atoms with van der Waals surface area (Å²) in [5.41, 5.74) is 6.47. The highest BCUT2D eigenvalue weighted by Crippen LogP contribution is 1.89. The second-order valence-electron chi connectivity index (χ2n) is 1.75. The fraction of sp³-hybridized carbons (Fsp3) is 0.667. The molecule has 0 spiro atoms. The number of rotatable bonds is 4. The van der Waals surface area contributed by atoms with E-state index < -0.39 is 0 Å². The van der Waals surface area contributed by atoms with Crippen LogP contribution >= 0.6 is 0 Å². The van der Waals surface area contributed by atoms with Crippen molar-refractivity contribution >= 4 is 0 Å². The Kier molecular flexibility index (Phi) is 5.01. The first-order valence-corrected chi connectivity index (χ1v) is 3.09. The summed E-state index contributed by atoms with van der Waals surface area (Å²) in [6.07, 6.45) is 2.81. The van der Waals surface area contributed by atoms with Gasteiger partial charge in [-0.15, -0.1) is 0 Å². The van der Waals surface area contributed by atoms with Crippen molar-refractivity contribution in [1.82, 2.24) is 10.6 Å².